The average Bonchev–Trinajstić information content (AvgIpc) is 2.27. The Kier molecular flexibility index (Phi) is 4.35. The largest absolute Gasteiger partial charge is 0.493 e. The molecule has 0 aliphatic rings. The molecule has 16 heavy (non-hydrogen) atoms. The summed E-state index contributed by atoms with van der Waals surface area (Å²) in [6.45, 7) is 4.02. The summed E-state index contributed by atoms with van der Waals surface area (Å²) in [5.74, 6) is 1.44. The van der Waals surface area contributed by atoms with E-state index in [9.17, 15) is 4.79 Å². The van der Waals surface area contributed by atoms with Crippen LogP contribution < -0.4 is 9.47 Å². The number of carbonyl (C=O) groups is 1. The van der Waals surface area contributed by atoms with Crippen molar-refractivity contribution in [3.05, 3.63) is 21.7 Å². The molecular weight excluding hydrogens is 272 g/mol. The van der Waals surface area contributed by atoms with Gasteiger partial charge in [0, 0.05) is 15.6 Å². The first-order valence-corrected chi connectivity index (χ1v) is 5.75. The molecule has 0 saturated heterocycles. The number of hydrogen-bond acceptors (Lipinski definition) is 3. The van der Waals surface area contributed by atoms with Gasteiger partial charge in [-0.05, 0) is 27.9 Å². The highest BCUT2D eigenvalue weighted by atomic mass is 79.9. The highest BCUT2D eigenvalue weighted by molar-refractivity contribution is 9.10. The fourth-order valence-electron chi connectivity index (χ4n) is 1.70. The Morgan fingerprint density at radius 3 is 2.31 bits per heavy atom. The summed E-state index contributed by atoms with van der Waals surface area (Å²) in [5, 5.41) is 0. The maximum absolute atomic E-state index is 11.1. The van der Waals surface area contributed by atoms with Gasteiger partial charge in [-0.3, -0.25) is 4.79 Å². The predicted molar refractivity (Wildman–Crippen MR) is 66.7 cm³/mol. The van der Waals surface area contributed by atoms with Gasteiger partial charge in [-0.15, -0.1) is 0 Å². The number of halogens is 1. The number of benzene rings is 1. The Hall–Kier alpha value is -1.03. The molecule has 0 radical (unpaired) electrons. The zero-order chi connectivity index (χ0) is 12.3. The molecule has 0 atom stereocenters. The van der Waals surface area contributed by atoms with Crippen molar-refractivity contribution in [2.75, 3.05) is 14.2 Å². The number of methoxy groups -OCH3 is 2. The van der Waals surface area contributed by atoms with Gasteiger partial charge < -0.3 is 9.47 Å². The SMILES string of the molecule is COc1cc(Br)c(C=O)c(C(C)C)c1OC. The zero-order valence-corrected chi connectivity index (χ0v) is 11.4. The third kappa shape index (κ3) is 2.21. The molecule has 0 saturated carbocycles. The maximum atomic E-state index is 11.1. The van der Waals surface area contributed by atoms with Gasteiger partial charge >= 0.3 is 0 Å². The number of rotatable bonds is 4. The predicted octanol–water partition coefficient (Wildman–Crippen LogP) is 3.40. The number of aldehydes is 1. The van der Waals surface area contributed by atoms with E-state index in [4.69, 9.17) is 9.47 Å². The van der Waals surface area contributed by atoms with Crippen molar-refractivity contribution in [3.8, 4) is 11.5 Å². The minimum Gasteiger partial charge on any atom is -0.493 e. The molecule has 0 N–H and O–H groups in total. The lowest BCUT2D eigenvalue weighted by Crippen LogP contribution is -2.03. The van der Waals surface area contributed by atoms with Crippen molar-refractivity contribution >= 4 is 22.2 Å². The van der Waals surface area contributed by atoms with E-state index in [0.29, 0.717) is 17.1 Å². The molecule has 4 heteroatoms. The zero-order valence-electron chi connectivity index (χ0n) is 9.83. The van der Waals surface area contributed by atoms with Gasteiger partial charge in [-0.25, -0.2) is 0 Å². The van der Waals surface area contributed by atoms with Gasteiger partial charge in [-0.2, -0.15) is 0 Å². The molecule has 0 aliphatic carbocycles. The molecule has 88 valence electrons. The van der Waals surface area contributed by atoms with Crippen LogP contribution >= 0.6 is 15.9 Å². The molecule has 0 spiro atoms. The second-order valence-electron chi connectivity index (χ2n) is 3.69. The lowest BCUT2D eigenvalue weighted by molar-refractivity contribution is 0.112. The highest BCUT2D eigenvalue weighted by Gasteiger charge is 2.20. The van der Waals surface area contributed by atoms with Crippen LogP contribution in [0.4, 0.5) is 0 Å². The van der Waals surface area contributed by atoms with Gasteiger partial charge in [0.05, 0.1) is 14.2 Å². The molecule has 3 nitrogen and oxygen atoms in total. The second-order valence-corrected chi connectivity index (χ2v) is 4.55. The first-order chi connectivity index (χ1) is 7.56. The third-order valence-electron chi connectivity index (χ3n) is 2.39. The van der Waals surface area contributed by atoms with E-state index in [1.54, 1.807) is 20.3 Å². The standard InChI is InChI=1S/C12H15BrO3/c1-7(2)11-8(6-14)9(13)5-10(15-3)12(11)16-4/h5-7H,1-4H3. The van der Waals surface area contributed by atoms with Crippen LogP contribution in [-0.4, -0.2) is 20.5 Å². The second kappa shape index (κ2) is 5.34. The molecule has 0 aliphatic heterocycles. The summed E-state index contributed by atoms with van der Waals surface area (Å²) >= 11 is 3.36. The van der Waals surface area contributed by atoms with Crippen molar-refractivity contribution in [1.82, 2.24) is 0 Å². The third-order valence-corrected chi connectivity index (χ3v) is 3.05. The molecule has 0 unspecified atom stereocenters. The summed E-state index contributed by atoms with van der Waals surface area (Å²) in [6.07, 6.45) is 0.835. The molecule has 1 aromatic rings. The van der Waals surface area contributed by atoms with Crippen LogP contribution in [0.3, 0.4) is 0 Å². The Morgan fingerprint density at radius 1 is 1.31 bits per heavy atom. The average molecular weight is 287 g/mol. The number of hydrogen-bond donors (Lipinski definition) is 0. The van der Waals surface area contributed by atoms with E-state index >= 15 is 0 Å². The van der Waals surface area contributed by atoms with Crippen LogP contribution in [0.1, 0.15) is 35.7 Å². The van der Waals surface area contributed by atoms with Gasteiger partial charge in [0.2, 0.25) is 0 Å². The van der Waals surface area contributed by atoms with Crippen LogP contribution in [0.2, 0.25) is 0 Å². The van der Waals surface area contributed by atoms with Crippen LogP contribution in [0.25, 0.3) is 0 Å². The quantitative estimate of drug-likeness (QED) is 0.796. The van der Waals surface area contributed by atoms with Gasteiger partial charge in [0.15, 0.2) is 17.8 Å². The van der Waals surface area contributed by atoms with E-state index in [-0.39, 0.29) is 5.92 Å². The van der Waals surface area contributed by atoms with Crippen molar-refractivity contribution in [2.24, 2.45) is 0 Å². The summed E-state index contributed by atoms with van der Waals surface area (Å²) < 4.78 is 11.3. The van der Waals surface area contributed by atoms with Crippen molar-refractivity contribution in [3.63, 3.8) is 0 Å². The fourth-order valence-corrected chi connectivity index (χ4v) is 2.21. The Morgan fingerprint density at radius 2 is 1.94 bits per heavy atom. The lowest BCUT2D eigenvalue weighted by Gasteiger charge is -2.18. The van der Waals surface area contributed by atoms with Gasteiger partial charge in [-0.1, -0.05) is 13.8 Å². The summed E-state index contributed by atoms with van der Waals surface area (Å²) in [7, 11) is 3.15. The van der Waals surface area contributed by atoms with Crippen molar-refractivity contribution < 1.29 is 14.3 Å². The van der Waals surface area contributed by atoms with E-state index in [1.807, 2.05) is 13.8 Å². The van der Waals surface area contributed by atoms with Gasteiger partial charge in [0.1, 0.15) is 0 Å². The Bertz CT molecular complexity index is 400. The molecule has 0 fully saturated rings. The lowest BCUT2D eigenvalue weighted by atomic mass is 9.96. The summed E-state index contributed by atoms with van der Waals surface area (Å²) in [4.78, 5) is 11.1. The number of ether oxygens (including phenoxy) is 2. The first-order valence-electron chi connectivity index (χ1n) is 4.96. The topological polar surface area (TPSA) is 35.5 Å². The van der Waals surface area contributed by atoms with Crippen LogP contribution in [0, 0.1) is 0 Å². The molecule has 1 rings (SSSR count). The molecule has 0 aromatic heterocycles. The van der Waals surface area contributed by atoms with Crippen LogP contribution in [-0.2, 0) is 0 Å². The first kappa shape index (κ1) is 13.0. The molecule has 0 bridgehead atoms. The Labute approximate surface area is 104 Å². The minimum atomic E-state index is 0.182. The fraction of sp³-hybridized carbons (Fsp3) is 0.417. The number of carbonyl (C=O) groups excluding carboxylic acids is 1. The monoisotopic (exact) mass is 286 g/mol. The van der Waals surface area contributed by atoms with Gasteiger partial charge in [0.25, 0.3) is 0 Å². The van der Waals surface area contributed by atoms with E-state index in [2.05, 4.69) is 15.9 Å². The van der Waals surface area contributed by atoms with E-state index in [1.165, 1.54) is 0 Å². The van der Waals surface area contributed by atoms with E-state index < -0.39 is 0 Å². The van der Waals surface area contributed by atoms with Crippen LogP contribution in [0.15, 0.2) is 10.5 Å². The minimum absolute atomic E-state index is 0.182. The smallest absolute Gasteiger partial charge is 0.164 e. The normalized spacial score (nSPS) is 10.4. The van der Waals surface area contributed by atoms with Crippen molar-refractivity contribution in [1.29, 1.82) is 0 Å². The summed E-state index contributed by atoms with van der Waals surface area (Å²) in [5.41, 5.74) is 1.48. The maximum Gasteiger partial charge on any atom is 0.164 e. The highest BCUT2D eigenvalue weighted by Crippen LogP contribution is 2.41. The molecule has 1 aromatic carbocycles. The van der Waals surface area contributed by atoms with Crippen LogP contribution in [0.5, 0.6) is 11.5 Å². The molecule has 0 amide bonds. The van der Waals surface area contributed by atoms with Crippen molar-refractivity contribution in [2.45, 2.75) is 19.8 Å². The molecular formula is C12H15BrO3. The van der Waals surface area contributed by atoms with E-state index in [0.717, 1.165) is 16.3 Å². The summed E-state index contributed by atoms with van der Waals surface area (Å²) in [6, 6.07) is 1.74. The Balaban J connectivity index is 3.59. The molecule has 0 heterocycles.